The molecule has 0 fully saturated rings. The Kier molecular flexibility index (Phi) is 3.88. The van der Waals surface area contributed by atoms with E-state index in [0.717, 1.165) is 41.3 Å². The van der Waals surface area contributed by atoms with Crippen LogP contribution in [0.4, 0.5) is 0 Å². The standard InChI is InChI=1S/C16H17ClN2O2/c1-11(17)16-18-15-13(6-3-7-14(15)20-2)19(16)9-8-12-5-4-10-21-12/h3-7,10-11H,8-9H2,1-2H3. The number of rotatable bonds is 5. The lowest BCUT2D eigenvalue weighted by atomic mass is 10.2. The van der Waals surface area contributed by atoms with Crippen LogP contribution in [0, 0.1) is 0 Å². The minimum Gasteiger partial charge on any atom is -0.494 e. The van der Waals surface area contributed by atoms with Gasteiger partial charge in [0.2, 0.25) is 0 Å². The van der Waals surface area contributed by atoms with Crippen LogP contribution in [0.25, 0.3) is 11.0 Å². The Balaban J connectivity index is 2.03. The van der Waals surface area contributed by atoms with Gasteiger partial charge in [-0.15, -0.1) is 11.6 Å². The third-order valence-electron chi connectivity index (χ3n) is 3.51. The van der Waals surface area contributed by atoms with Crippen molar-refractivity contribution in [1.29, 1.82) is 0 Å². The Morgan fingerprint density at radius 2 is 2.19 bits per heavy atom. The molecular formula is C16H17ClN2O2. The van der Waals surface area contributed by atoms with Crippen molar-refractivity contribution < 1.29 is 9.15 Å². The van der Waals surface area contributed by atoms with Crippen molar-refractivity contribution in [1.82, 2.24) is 9.55 Å². The maximum Gasteiger partial charge on any atom is 0.146 e. The number of furan rings is 1. The summed E-state index contributed by atoms with van der Waals surface area (Å²) in [6.45, 7) is 2.70. The first-order chi connectivity index (χ1) is 10.2. The fourth-order valence-corrected chi connectivity index (χ4v) is 2.69. The molecule has 0 radical (unpaired) electrons. The van der Waals surface area contributed by atoms with Gasteiger partial charge in [-0.3, -0.25) is 0 Å². The number of methoxy groups -OCH3 is 1. The van der Waals surface area contributed by atoms with Crippen molar-refractivity contribution >= 4 is 22.6 Å². The van der Waals surface area contributed by atoms with Crippen LogP contribution in [-0.2, 0) is 13.0 Å². The third-order valence-corrected chi connectivity index (χ3v) is 3.70. The van der Waals surface area contributed by atoms with E-state index in [4.69, 9.17) is 20.8 Å². The van der Waals surface area contributed by atoms with Gasteiger partial charge in [-0.2, -0.15) is 0 Å². The highest BCUT2D eigenvalue weighted by Gasteiger charge is 2.17. The number of aryl methyl sites for hydroxylation is 2. The second-order valence-electron chi connectivity index (χ2n) is 4.90. The second kappa shape index (κ2) is 5.82. The van der Waals surface area contributed by atoms with Crippen molar-refractivity contribution in [3.8, 4) is 5.75 Å². The fourth-order valence-electron chi connectivity index (χ4n) is 2.52. The summed E-state index contributed by atoms with van der Waals surface area (Å²) in [5.41, 5.74) is 1.88. The number of alkyl halides is 1. The van der Waals surface area contributed by atoms with Gasteiger partial charge in [-0.1, -0.05) is 6.07 Å². The summed E-state index contributed by atoms with van der Waals surface area (Å²) >= 11 is 6.29. The quantitative estimate of drug-likeness (QED) is 0.664. The van der Waals surface area contributed by atoms with Gasteiger partial charge in [0.1, 0.15) is 22.9 Å². The molecule has 0 aliphatic heterocycles. The molecule has 1 atom stereocenters. The van der Waals surface area contributed by atoms with E-state index in [-0.39, 0.29) is 5.38 Å². The van der Waals surface area contributed by atoms with E-state index < -0.39 is 0 Å². The van der Waals surface area contributed by atoms with Crippen LogP contribution in [0.5, 0.6) is 5.75 Å². The normalized spacial score (nSPS) is 12.7. The van der Waals surface area contributed by atoms with Crippen molar-refractivity contribution in [2.24, 2.45) is 0 Å². The minimum absolute atomic E-state index is 0.168. The van der Waals surface area contributed by atoms with Crippen LogP contribution >= 0.6 is 11.6 Å². The summed E-state index contributed by atoms with van der Waals surface area (Å²) in [4.78, 5) is 4.66. The Morgan fingerprint density at radius 3 is 2.86 bits per heavy atom. The number of halogens is 1. The van der Waals surface area contributed by atoms with E-state index in [2.05, 4.69) is 9.55 Å². The summed E-state index contributed by atoms with van der Waals surface area (Å²) in [6, 6.07) is 9.79. The summed E-state index contributed by atoms with van der Waals surface area (Å²) in [5.74, 6) is 2.57. The van der Waals surface area contributed by atoms with Gasteiger partial charge in [-0.05, 0) is 31.2 Å². The van der Waals surface area contributed by atoms with E-state index >= 15 is 0 Å². The number of nitrogens with zero attached hydrogens (tertiary/aromatic N) is 2. The Labute approximate surface area is 128 Å². The molecule has 0 aliphatic rings. The van der Waals surface area contributed by atoms with E-state index in [1.54, 1.807) is 13.4 Å². The van der Waals surface area contributed by atoms with E-state index in [9.17, 15) is 0 Å². The molecule has 1 unspecified atom stereocenters. The van der Waals surface area contributed by atoms with Gasteiger partial charge < -0.3 is 13.7 Å². The summed E-state index contributed by atoms with van der Waals surface area (Å²) in [6.07, 6.45) is 2.49. The molecule has 0 aliphatic carbocycles. The molecule has 0 N–H and O–H groups in total. The second-order valence-corrected chi connectivity index (χ2v) is 5.55. The Morgan fingerprint density at radius 1 is 1.33 bits per heavy atom. The van der Waals surface area contributed by atoms with Crippen molar-refractivity contribution in [3.05, 3.63) is 48.2 Å². The number of imidazole rings is 1. The lowest BCUT2D eigenvalue weighted by molar-refractivity contribution is 0.419. The first kappa shape index (κ1) is 14.0. The molecule has 2 aromatic heterocycles. The smallest absolute Gasteiger partial charge is 0.146 e. The fraction of sp³-hybridized carbons (Fsp3) is 0.312. The van der Waals surface area contributed by atoms with E-state index in [0.29, 0.717) is 0 Å². The predicted molar refractivity (Wildman–Crippen MR) is 83.0 cm³/mol. The topological polar surface area (TPSA) is 40.2 Å². The lowest BCUT2D eigenvalue weighted by Crippen LogP contribution is -2.06. The molecule has 0 spiro atoms. The predicted octanol–water partition coefficient (Wildman–Crippen LogP) is 4.18. The SMILES string of the molecule is COc1cccc2c1nc(C(C)Cl)n2CCc1ccco1. The molecule has 21 heavy (non-hydrogen) atoms. The summed E-state index contributed by atoms with van der Waals surface area (Å²) < 4.78 is 12.9. The Hall–Kier alpha value is -1.94. The zero-order valence-electron chi connectivity index (χ0n) is 12.0. The average Bonchev–Trinajstić information content (AvgIpc) is 3.11. The van der Waals surface area contributed by atoms with Gasteiger partial charge in [0.15, 0.2) is 0 Å². The highest BCUT2D eigenvalue weighted by molar-refractivity contribution is 6.20. The molecule has 0 amide bonds. The largest absolute Gasteiger partial charge is 0.494 e. The monoisotopic (exact) mass is 304 g/mol. The van der Waals surface area contributed by atoms with Crippen molar-refractivity contribution in [2.45, 2.75) is 25.3 Å². The molecule has 0 saturated heterocycles. The molecule has 0 saturated carbocycles. The molecule has 4 nitrogen and oxygen atoms in total. The number of hydrogen-bond donors (Lipinski definition) is 0. The maximum atomic E-state index is 6.29. The number of aromatic nitrogens is 2. The molecule has 0 bridgehead atoms. The summed E-state index contributed by atoms with van der Waals surface area (Å²) in [7, 11) is 1.65. The number of benzene rings is 1. The molecular weight excluding hydrogens is 288 g/mol. The highest BCUT2D eigenvalue weighted by atomic mass is 35.5. The number of ether oxygens (including phenoxy) is 1. The van der Waals surface area contributed by atoms with Crippen LogP contribution in [0.3, 0.4) is 0 Å². The maximum absolute atomic E-state index is 6.29. The van der Waals surface area contributed by atoms with Gasteiger partial charge in [0.25, 0.3) is 0 Å². The van der Waals surface area contributed by atoms with Crippen LogP contribution in [0.15, 0.2) is 41.0 Å². The van der Waals surface area contributed by atoms with Crippen LogP contribution < -0.4 is 4.74 Å². The molecule has 2 heterocycles. The van der Waals surface area contributed by atoms with E-state index in [1.807, 2.05) is 37.3 Å². The average molecular weight is 305 g/mol. The number of para-hydroxylation sites is 1. The van der Waals surface area contributed by atoms with Crippen LogP contribution in [0.1, 0.15) is 23.9 Å². The van der Waals surface area contributed by atoms with Gasteiger partial charge in [0, 0.05) is 13.0 Å². The van der Waals surface area contributed by atoms with Gasteiger partial charge in [-0.25, -0.2) is 4.98 Å². The van der Waals surface area contributed by atoms with E-state index in [1.165, 1.54) is 0 Å². The van der Waals surface area contributed by atoms with Gasteiger partial charge in [0.05, 0.1) is 24.3 Å². The Bertz CT molecular complexity index is 732. The van der Waals surface area contributed by atoms with Crippen LogP contribution in [0.2, 0.25) is 0 Å². The zero-order valence-corrected chi connectivity index (χ0v) is 12.8. The first-order valence-electron chi connectivity index (χ1n) is 6.90. The number of fused-ring (bicyclic) bond motifs is 1. The third kappa shape index (κ3) is 2.63. The highest BCUT2D eigenvalue weighted by Crippen LogP contribution is 2.30. The lowest BCUT2D eigenvalue weighted by Gasteiger charge is -2.09. The molecule has 3 aromatic rings. The van der Waals surface area contributed by atoms with Crippen LogP contribution in [-0.4, -0.2) is 16.7 Å². The molecule has 1 aromatic carbocycles. The van der Waals surface area contributed by atoms with Crippen molar-refractivity contribution in [3.63, 3.8) is 0 Å². The molecule has 110 valence electrons. The first-order valence-corrected chi connectivity index (χ1v) is 7.34. The molecule has 5 heteroatoms. The van der Waals surface area contributed by atoms with Gasteiger partial charge >= 0.3 is 0 Å². The minimum atomic E-state index is -0.168. The summed E-state index contributed by atoms with van der Waals surface area (Å²) in [5, 5.41) is -0.168. The zero-order chi connectivity index (χ0) is 14.8. The number of hydrogen-bond acceptors (Lipinski definition) is 3. The van der Waals surface area contributed by atoms with Crippen molar-refractivity contribution in [2.75, 3.05) is 7.11 Å². The molecule has 3 rings (SSSR count).